The van der Waals surface area contributed by atoms with Crippen LogP contribution in [-0.4, -0.2) is 27.2 Å². The van der Waals surface area contributed by atoms with Gasteiger partial charge >= 0.3 is 12.8 Å². The molecule has 0 radical (unpaired) electrons. The number of benzene rings is 2. The van der Waals surface area contributed by atoms with E-state index in [1.165, 1.54) is 12.1 Å². The van der Waals surface area contributed by atoms with E-state index in [1.54, 1.807) is 25.1 Å². The highest BCUT2D eigenvalue weighted by Crippen LogP contribution is 2.25. The Bertz CT molecular complexity index is 614. The van der Waals surface area contributed by atoms with Gasteiger partial charge < -0.3 is 15.2 Å². The highest BCUT2D eigenvalue weighted by atomic mass is 16.6. The third kappa shape index (κ3) is 7.44. The van der Waals surface area contributed by atoms with Crippen LogP contribution in [0.25, 0.3) is 0 Å². The van der Waals surface area contributed by atoms with E-state index in [0.717, 1.165) is 11.1 Å². The lowest BCUT2D eigenvalue weighted by molar-refractivity contribution is -0.385. The Morgan fingerprint density at radius 1 is 0.957 bits per heavy atom. The summed E-state index contributed by atoms with van der Waals surface area (Å²) in [6, 6.07) is 11.3. The van der Waals surface area contributed by atoms with Crippen LogP contribution < -0.4 is 5.46 Å². The van der Waals surface area contributed by atoms with Crippen molar-refractivity contribution in [1.82, 2.24) is 0 Å². The molecule has 0 saturated heterocycles. The number of rotatable bonds is 2. The average Bonchev–Trinajstić information content (AvgIpc) is 2.52. The van der Waals surface area contributed by atoms with Gasteiger partial charge in [0, 0.05) is 6.07 Å². The predicted octanol–water partition coefficient (Wildman–Crippen LogP) is 2.31. The van der Waals surface area contributed by atoms with Crippen molar-refractivity contribution in [3.8, 4) is 5.75 Å². The van der Waals surface area contributed by atoms with Crippen molar-refractivity contribution in [2.45, 2.75) is 27.7 Å². The summed E-state index contributed by atoms with van der Waals surface area (Å²) in [4.78, 5) is 9.61. The number of phenols is 1. The summed E-state index contributed by atoms with van der Waals surface area (Å²) < 4.78 is 0. The quantitative estimate of drug-likeness (QED) is 0.448. The lowest BCUT2D eigenvalue weighted by Gasteiger charge is -1.97. The normalized spacial score (nSPS) is 8.96. The maximum Gasteiger partial charge on any atom is 0.488 e. The van der Waals surface area contributed by atoms with Gasteiger partial charge in [-0.25, -0.2) is 0 Å². The van der Waals surface area contributed by atoms with E-state index in [-0.39, 0.29) is 11.4 Å². The summed E-state index contributed by atoms with van der Waals surface area (Å²) in [7, 11) is -1.35. The van der Waals surface area contributed by atoms with Gasteiger partial charge in [0.25, 0.3) is 0 Å². The van der Waals surface area contributed by atoms with Crippen molar-refractivity contribution in [2.75, 3.05) is 0 Å². The molecule has 0 spiro atoms. The molecule has 0 fully saturated rings. The van der Waals surface area contributed by atoms with Gasteiger partial charge in [0.15, 0.2) is 5.75 Å². The van der Waals surface area contributed by atoms with Crippen molar-refractivity contribution in [2.24, 2.45) is 0 Å². The maximum absolute atomic E-state index is 10.2. The summed E-state index contributed by atoms with van der Waals surface area (Å²) in [6.45, 7) is 7.68. The van der Waals surface area contributed by atoms with Crippen LogP contribution in [0.5, 0.6) is 5.75 Å². The van der Waals surface area contributed by atoms with Crippen molar-refractivity contribution in [1.29, 1.82) is 0 Å². The molecule has 6 nitrogen and oxygen atoms in total. The number of nitro groups is 1. The Labute approximate surface area is 136 Å². The number of phenolic OH excluding ortho intramolecular Hbond substituents is 1. The van der Waals surface area contributed by atoms with Crippen molar-refractivity contribution >= 4 is 18.3 Å². The fourth-order valence-corrected chi connectivity index (χ4v) is 1.52. The molecule has 3 N–H and O–H groups in total. The van der Waals surface area contributed by atoms with Crippen LogP contribution in [0.3, 0.4) is 0 Å². The lowest BCUT2D eigenvalue weighted by atomic mass is 9.80. The number of aromatic hydroxyl groups is 1. The zero-order valence-corrected chi connectivity index (χ0v) is 13.7. The van der Waals surface area contributed by atoms with E-state index in [4.69, 9.17) is 15.2 Å². The SMILES string of the molecule is CC.Cc1ccc(B(O)O)cc1.Cc1ccc(O)c([N+](=O)[O-])c1. The second-order valence-electron chi connectivity index (χ2n) is 4.53. The molecule has 7 heteroatoms. The van der Waals surface area contributed by atoms with E-state index >= 15 is 0 Å². The second-order valence-corrected chi connectivity index (χ2v) is 4.53. The summed E-state index contributed by atoms with van der Waals surface area (Å²) in [5.74, 6) is -0.291. The van der Waals surface area contributed by atoms with Crippen LogP contribution >= 0.6 is 0 Å². The first-order valence-electron chi connectivity index (χ1n) is 7.18. The molecule has 2 aromatic carbocycles. The summed E-state index contributed by atoms with van der Waals surface area (Å²) in [6.07, 6.45) is 0. The van der Waals surface area contributed by atoms with Crippen LogP contribution in [0.2, 0.25) is 0 Å². The van der Waals surface area contributed by atoms with E-state index in [1.807, 2.05) is 32.9 Å². The number of aryl methyl sites for hydroxylation is 2. The number of nitro benzene ring substituents is 1. The molecular formula is C16H22BNO5. The second kappa shape index (κ2) is 10.4. The summed E-state index contributed by atoms with van der Waals surface area (Å²) in [5.41, 5.74) is 2.16. The lowest BCUT2D eigenvalue weighted by Crippen LogP contribution is -2.29. The van der Waals surface area contributed by atoms with Gasteiger partial charge in [0.2, 0.25) is 0 Å². The van der Waals surface area contributed by atoms with Crippen LogP contribution in [0.1, 0.15) is 25.0 Å². The Hall–Kier alpha value is -2.38. The molecule has 0 bridgehead atoms. The highest BCUT2D eigenvalue weighted by molar-refractivity contribution is 6.58. The molecule has 23 heavy (non-hydrogen) atoms. The molecule has 2 aromatic rings. The van der Waals surface area contributed by atoms with Crippen LogP contribution in [0.15, 0.2) is 42.5 Å². The van der Waals surface area contributed by atoms with E-state index < -0.39 is 12.0 Å². The number of hydrogen-bond acceptors (Lipinski definition) is 5. The molecule has 2 rings (SSSR count). The molecule has 0 amide bonds. The third-order valence-corrected chi connectivity index (χ3v) is 2.70. The zero-order chi connectivity index (χ0) is 18.0. The predicted molar refractivity (Wildman–Crippen MR) is 91.9 cm³/mol. The third-order valence-electron chi connectivity index (χ3n) is 2.70. The first kappa shape index (κ1) is 20.6. The smallest absolute Gasteiger partial charge is 0.488 e. The van der Waals surface area contributed by atoms with Crippen LogP contribution in [-0.2, 0) is 0 Å². The Morgan fingerprint density at radius 2 is 1.43 bits per heavy atom. The Kier molecular flexibility index (Phi) is 9.30. The molecule has 0 aliphatic carbocycles. The van der Waals surface area contributed by atoms with Crippen LogP contribution in [0.4, 0.5) is 5.69 Å². The minimum Gasteiger partial charge on any atom is -0.502 e. The van der Waals surface area contributed by atoms with Gasteiger partial charge in [-0.15, -0.1) is 0 Å². The molecule has 124 valence electrons. The van der Waals surface area contributed by atoms with Gasteiger partial charge in [-0.3, -0.25) is 10.1 Å². The molecule has 0 saturated carbocycles. The summed E-state index contributed by atoms with van der Waals surface area (Å²) in [5, 5.41) is 36.5. The van der Waals surface area contributed by atoms with Gasteiger partial charge in [0.1, 0.15) is 0 Å². The van der Waals surface area contributed by atoms with Crippen molar-refractivity contribution in [3.05, 3.63) is 63.7 Å². The molecule has 0 heterocycles. The molecular weight excluding hydrogens is 297 g/mol. The van der Waals surface area contributed by atoms with E-state index in [2.05, 4.69) is 0 Å². The Balaban J connectivity index is 0.000000381. The average molecular weight is 319 g/mol. The largest absolute Gasteiger partial charge is 0.502 e. The zero-order valence-electron chi connectivity index (χ0n) is 13.7. The van der Waals surface area contributed by atoms with Crippen LogP contribution in [0, 0.1) is 24.0 Å². The van der Waals surface area contributed by atoms with Gasteiger partial charge in [0.05, 0.1) is 4.92 Å². The molecule has 0 aromatic heterocycles. The molecule has 0 unspecified atom stereocenters. The minimum atomic E-state index is -1.35. The first-order chi connectivity index (χ1) is 10.8. The fourth-order valence-electron chi connectivity index (χ4n) is 1.52. The maximum atomic E-state index is 10.2. The molecule has 0 atom stereocenters. The van der Waals surface area contributed by atoms with Gasteiger partial charge in [-0.05, 0) is 30.9 Å². The van der Waals surface area contributed by atoms with Crippen molar-refractivity contribution in [3.63, 3.8) is 0 Å². The minimum absolute atomic E-state index is 0.245. The van der Waals surface area contributed by atoms with Crippen molar-refractivity contribution < 1.29 is 20.1 Å². The molecule has 0 aliphatic heterocycles. The number of hydrogen-bond donors (Lipinski definition) is 3. The van der Waals surface area contributed by atoms with Gasteiger partial charge in [-0.1, -0.05) is 49.7 Å². The fraction of sp³-hybridized carbons (Fsp3) is 0.250. The summed E-state index contributed by atoms with van der Waals surface area (Å²) >= 11 is 0. The topological polar surface area (TPSA) is 104 Å². The van der Waals surface area contributed by atoms with E-state index in [9.17, 15) is 10.1 Å². The molecule has 0 aliphatic rings. The van der Waals surface area contributed by atoms with E-state index in [0.29, 0.717) is 5.46 Å². The first-order valence-corrected chi connectivity index (χ1v) is 7.18. The number of nitrogens with zero attached hydrogens (tertiary/aromatic N) is 1. The van der Waals surface area contributed by atoms with Gasteiger partial charge in [-0.2, -0.15) is 0 Å². The highest BCUT2D eigenvalue weighted by Gasteiger charge is 2.11. The monoisotopic (exact) mass is 319 g/mol. The Morgan fingerprint density at radius 3 is 1.83 bits per heavy atom. The standard InChI is InChI=1S/C7H9BO2.C7H7NO3.C2H6/c1-6-2-4-7(5-3-6)8(9)10;1-5-2-3-7(9)6(4-5)8(10)11;1-2/h2-5,9-10H,1H3;2-4,9H,1H3;1-2H3.